The Bertz CT molecular complexity index is 634. The van der Waals surface area contributed by atoms with Gasteiger partial charge in [0.25, 0.3) is 0 Å². The summed E-state index contributed by atoms with van der Waals surface area (Å²) in [6, 6.07) is 7.24. The van der Waals surface area contributed by atoms with Crippen LogP contribution in [0.4, 0.5) is 4.39 Å². The van der Waals surface area contributed by atoms with Gasteiger partial charge in [-0.1, -0.05) is 12.1 Å². The summed E-state index contributed by atoms with van der Waals surface area (Å²) in [5.41, 5.74) is 1.05. The number of fused-ring (bicyclic) bond motifs is 1. The molecule has 1 saturated heterocycles. The summed E-state index contributed by atoms with van der Waals surface area (Å²) >= 11 is 0. The van der Waals surface area contributed by atoms with Gasteiger partial charge in [0.2, 0.25) is 0 Å². The van der Waals surface area contributed by atoms with Gasteiger partial charge >= 0.3 is 0 Å². The standard InChI is InChI=1S/C15H19FN6/c16-12-3-1-11(2-4-12)14-15-18-19-20-22(15)10-9-21(14)13-5-7-17-8-6-13/h1-4,13-14,17H,5-10H2. The summed E-state index contributed by atoms with van der Waals surface area (Å²) in [5.74, 6) is 0.643. The minimum absolute atomic E-state index is 0.00690. The van der Waals surface area contributed by atoms with E-state index in [4.69, 9.17) is 0 Å². The Morgan fingerprint density at radius 2 is 1.86 bits per heavy atom. The maximum Gasteiger partial charge on any atom is 0.173 e. The van der Waals surface area contributed by atoms with Crippen molar-refractivity contribution in [3.63, 3.8) is 0 Å². The van der Waals surface area contributed by atoms with Crippen molar-refractivity contribution in [1.29, 1.82) is 0 Å². The van der Waals surface area contributed by atoms with Gasteiger partial charge in [0.15, 0.2) is 5.82 Å². The Labute approximate surface area is 128 Å². The molecule has 0 bridgehead atoms. The number of nitrogens with zero attached hydrogens (tertiary/aromatic N) is 5. The number of tetrazole rings is 1. The summed E-state index contributed by atoms with van der Waals surface area (Å²) in [6.07, 6.45) is 2.25. The Hall–Kier alpha value is -1.86. The molecule has 1 unspecified atom stereocenters. The van der Waals surface area contributed by atoms with Crippen LogP contribution in [-0.4, -0.2) is 50.8 Å². The van der Waals surface area contributed by atoms with Crippen molar-refractivity contribution in [1.82, 2.24) is 30.4 Å². The van der Waals surface area contributed by atoms with Crippen molar-refractivity contribution in [2.75, 3.05) is 19.6 Å². The molecule has 0 saturated carbocycles. The molecular weight excluding hydrogens is 283 g/mol. The van der Waals surface area contributed by atoms with Gasteiger partial charge in [-0.25, -0.2) is 9.07 Å². The number of nitrogens with one attached hydrogen (secondary N) is 1. The van der Waals surface area contributed by atoms with Crippen molar-refractivity contribution in [2.24, 2.45) is 0 Å². The molecule has 0 spiro atoms. The Morgan fingerprint density at radius 1 is 1.09 bits per heavy atom. The average Bonchev–Trinajstić information content (AvgIpc) is 3.04. The van der Waals surface area contributed by atoms with E-state index in [2.05, 4.69) is 25.7 Å². The van der Waals surface area contributed by atoms with Gasteiger partial charge in [0, 0.05) is 12.6 Å². The fourth-order valence-corrected chi connectivity index (χ4v) is 3.57. The van der Waals surface area contributed by atoms with Crippen LogP contribution in [0, 0.1) is 5.82 Å². The Balaban J connectivity index is 1.72. The predicted octanol–water partition coefficient (Wildman–Crippen LogP) is 0.969. The second-order valence-electron chi connectivity index (χ2n) is 5.93. The number of halogens is 1. The highest BCUT2D eigenvalue weighted by atomic mass is 19.1. The lowest BCUT2D eigenvalue weighted by Gasteiger charge is -2.42. The van der Waals surface area contributed by atoms with Crippen molar-refractivity contribution in [2.45, 2.75) is 31.5 Å². The highest BCUT2D eigenvalue weighted by Crippen LogP contribution is 2.33. The van der Waals surface area contributed by atoms with Gasteiger partial charge in [-0.2, -0.15) is 0 Å². The zero-order chi connectivity index (χ0) is 14.9. The summed E-state index contributed by atoms with van der Waals surface area (Å²) < 4.78 is 15.1. The zero-order valence-corrected chi connectivity index (χ0v) is 12.3. The summed E-state index contributed by atoms with van der Waals surface area (Å²) in [7, 11) is 0. The van der Waals surface area contributed by atoms with E-state index in [-0.39, 0.29) is 11.9 Å². The average molecular weight is 302 g/mol. The fourth-order valence-electron chi connectivity index (χ4n) is 3.57. The van der Waals surface area contributed by atoms with Crippen LogP contribution in [-0.2, 0) is 6.54 Å². The molecule has 0 aliphatic carbocycles. The second kappa shape index (κ2) is 5.73. The number of piperidine rings is 1. The highest BCUT2D eigenvalue weighted by molar-refractivity contribution is 5.26. The number of hydrogen-bond acceptors (Lipinski definition) is 5. The molecule has 4 rings (SSSR count). The van der Waals surface area contributed by atoms with E-state index >= 15 is 0 Å². The van der Waals surface area contributed by atoms with E-state index in [1.54, 1.807) is 0 Å². The van der Waals surface area contributed by atoms with Crippen LogP contribution in [0.3, 0.4) is 0 Å². The fraction of sp³-hybridized carbons (Fsp3) is 0.533. The monoisotopic (exact) mass is 302 g/mol. The van der Waals surface area contributed by atoms with Crippen LogP contribution in [0.1, 0.15) is 30.3 Å². The van der Waals surface area contributed by atoms with Crippen LogP contribution in [0.5, 0.6) is 0 Å². The highest BCUT2D eigenvalue weighted by Gasteiger charge is 2.36. The third-order valence-corrected chi connectivity index (χ3v) is 4.67. The Kier molecular flexibility index (Phi) is 3.59. The quantitative estimate of drug-likeness (QED) is 0.896. The van der Waals surface area contributed by atoms with E-state index in [0.717, 1.165) is 50.4 Å². The number of benzene rings is 1. The van der Waals surface area contributed by atoms with Crippen LogP contribution >= 0.6 is 0 Å². The summed E-state index contributed by atoms with van der Waals surface area (Å²) in [5, 5.41) is 15.5. The molecule has 1 aromatic heterocycles. The normalized spacial score (nSPS) is 23.4. The smallest absolute Gasteiger partial charge is 0.173 e. The first-order valence-corrected chi connectivity index (χ1v) is 7.81. The number of hydrogen-bond donors (Lipinski definition) is 1. The lowest BCUT2D eigenvalue weighted by atomic mass is 9.96. The minimum Gasteiger partial charge on any atom is -0.317 e. The molecule has 1 fully saturated rings. The van der Waals surface area contributed by atoms with Gasteiger partial charge in [-0.3, -0.25) is 4.90 Å². The first-order valence-electron chi connectivity index (χ1n) is 7.81. The van der Waals surface area contributed by atoms with Gasteiger partial charge in [0.1, 0.15) is 5.82 Å². The first-order chi connectivity index (χ1) is 10.8. The second-order valence-corrected chi connectivity index (χ2v) is 5.93. The maximum atomic E-state index is 13.3. The van der Waals surface area contributed by atoms with Crippen molar-refractivity contribution in [3.8, 4) is 0 Å². The third kappa shape index (κ3) is 2.40. The number of rotatable bonds is 2. The van der Waals surface area contributed by atoms with Crippen LogP contribution in [0.15, 0.2) is 24.3 Å². The molecule has 2 aliphatic heterocycles. The van der Waals surface area contributed by atoms with Gasteiger partial charge in [-0.15, -0.1) is 5.10 Å². The molecule has 1 atom stereocenters. The Morgan fingerprint density at radius 3 is 2.64 bits per heavy atom. The molecule has 22 heavy (non-hydrogen) atoms. The molecule has 0 amide bonds. The first kappa shape index (κ1) is 13.8. The lowest BCUT2D eigenvalue weighted by molar-refractivity contribution is 0.0942. The molecule has 1 N–H and O–H groups in total. The largest absolute Gasteiger partial charge is 0.317 e. The minimum atomic E-state index is -0.215. The van der Waals surface area contributed by atoms with Gasteiger partial charge < -0.3 is 5.32 Å². The molecule has 7 heteroatoms. The molecule has 6 nitrogen and oxygen atoms in total. The van der Waals surface area contributed by atoms with Crippen molar-refractivity contribution < 1.29 is 4.39 Å². The van der Waals surface area contributed by atoms with E-state index in [9.17, 15) is 4.39 Å². The molecule has 3 heterocycles. The lowest BCUT2D eigenvalue weighted by Crippen LogP contribution is -2.49. The van der Waals surface area contributed by atoms with Crippen molar-refractivity contribution in [3.05, 3.63) is 41.5 Å². The molecule has 0 radical (unpaired) electrons. The number of aromatic nitrogens is 4. The van der Waals surface area contributed by atoms with Crippen LogP contribution in [0.2, 0.25) is 0 Å². The predicted molar refractivity (Wildman–Crippen MR) is 78.7 cm³/mol. The molecule has 1 aromatic carbocycles. The van der Waals surface area contributed by atoms with Gasteiger partial charge in [-0.05, 0) is 54.1 Å². The SMILES string of the molecule is Fc1ccc(C2c3nnnn3CCN2C2CCNCC2)cc1. The van der Waals surface area contributed by atoms with E-state index in [1.165, 1.54) is 12.1 Å². The molecule has 2 aromatic rings. The van der Waals surface area contributed by atoms with Crippen LogP contribution in [0.25, 0.3) is 0 Å². The maximum absolute atomic E-state index is 13.3. The van der Waals surface area contributed by atoms with E-state index in [1.807, 2.05) is 16.8 Å². The van der Waals surface area contributed by atoms with E-state index < -0.39 is 0 Å². The summed E-state index contributed by atoms with van der Waals surface area (Å²) in [4.78, 5) is 2.49. The summed E-state index contributed by atoms with van der Waals surface area (Å²) in [6.45, 7) is 3.82. The zero-order valence-electron chi connectivity index (χ0n) is 12.3. The van der Waals surface area contributed by atoms with E-state index in [0.29, 0.717) is 6.04 Å². The van der Waals surface area contributed by atoms with Crippen LogP contribution < -0.4 is 5.32 Å². The van der Waals surface area contributed by atoms with Gasteiger partial charge in [0.05, 0.1) is 12.6 Å². The third-order valence-electron chi connectivity index (χ3n) is 4.67. The molecule has 2 aliphatic rings. The van der Waals surface area contributed by atoms with Crippen molar-refractivity contribution >= 4 is 0 Å². The topological polar surface area (TPSA) is 58.9 Å². The molecule has 116 valence electrons. The molecular formula is C15H19FN6.